The second-order valence-electron chi connectivity index (χ2n) is 29.4. The first-order valence-electron chi connectivity index (χ1n) is 30.1. The number of nitrogens with two attached hydrogens (primary N) is 1. The molecule has 2 heterocycles. The molecule has 2 amide bonds. The third-order valence-electron chi connectivity index (χ3n) is 19.7. The minimum Gasteiger partial charge on any atom is -0.403 e. The van der Waals surface area contributed by atoms with Gasteiger partial charge in [-0.3, -0.25) is 24.1 Å². The maximum absolute atomic E-state index is 14.3. The Morgan fingerprint density at radius 3 is 1.29 bits per heavy atom. The second kappa shape index (κ2) is 26.1. The Kier molecular flexibility index (Phi) is 22.1. The smallest absolute Gasteiger partial charge is 0.403 e. The molecule has 2 aromatic rings. The molecular weight excluding hydrogens is 1020 g/mol. The number of ketones is 2. The van der Waals surface area contributed by atoms with Gasteiger partial charge in [0.1, 0.15) is 11.6 Å². The van der Waals surface area contributed by atoms with Gasteiger partial charge in [0.25, 0.3) is 0 Å². The average molecular weight is 1130 g/mol. The Hall–Kier alpha value is -2.96. The van der Waals surface area contributed by atoms with Crippen molar-refractivity contribution in [2.45, 2.75) is 267 Å². The van der Waals surface area contributed by atoms with E-state index >= 15 is 0 Å². The van der Waals surface area contributed by atoms with Crippen molar-refractivity contribution >= 4 is 47.5 Å². The number of Topliss-reactive ketones (excluding diaryl/α,β-unsaturated/α-hetero) is 2. The summed E-state index contributed by atoms with van der Waals surface area (Å²) in [4.78, 5) is 56.0. The van der Waals surface area contributed by atoms with Gasteiger partial charge in [-0.25, -0.2) is 0 Å². The van der Waals surface area contributed by atoms with E-state index in [9.17, 15) is 19.2 Å². The number of fused-ring (bicyclic) bond motifs is 2. The van der Waals surface area contributed by atoms with Crippen LogP contribution in [-0.2, 0) is 50.9 Å². The molecule has 4 saturated carbocycles. The molecule has 0 radical (unpaired) electrons. The molecule has 2 aromatic carbocycles. The molecule has 11 atom stereocenters. The molecule has 0 aromatic heterocycles. The molecule has 4 aliphatic carbocycles. The van der Waals surface area contributed by atoms with E-state index in [1.807, 2.05) is 41.5 Å². The van der Waals surface area contributed by atoms with Crippen LogP contribution < -0.4 is 16.4 Å². The zero-order valence-corrected chi connectivity index (χ0v) is 53.3. The van der Waals surface area contributed by atoms with E-state index in [-0.39, 0.29) is 108 Å². The minimum atomic E-state index is -0.682. The fourth-order valence-corrected chi connectivity index (χ4v) is 15.2. The monoisotopic (exact) mass is 1130 g/mol. The largest absolute Gasteiger partial charge is 0.457 e. The van der Waals surface area contributed by atoms with Gasteiger partial charge in [-0.1, -0.05) is 80.9 Å². The van der Waals surface area contributed by atoms with Crippen LogP contribution in [0.1, 0.15) is 208 Å². The van der Waals surface area contributed by atoms with E-state index in [0.717, 1.165) is 89.9 Å². The normalized spacial score (nSPS) is 30.6. The Morgan fingerprint density at radius 2 is 0.938 bits per heavy atom. The van der Waals surface area contributed by atoms with Gasteiger partial charge in [0, 0.05) is 50.5 Å². The predicted molar refractivity (Wildman–Crippen MR) is 334 cm³/mol. The summed E-state index contributed by atoms with van der Waals surface area (Å²) in [7, 11) is -0.481. The number of hydrogen-bond acceptors (Lipinski definition) is 10. The van der Waals surface area contributed by atoms with Crippen molar-refractivity contribution in [3.05, 3.63) is 71.8 Å². The summed E-state index contributed by atoms with van der Waals surface area (Å²) in [5, 5.41) is 6.55. The molecule has 8 rings (SSSR count). The van der Waals surface area contributed by atoms with E-state index in [0.29, 0.717) is 42.6 Å². The maximum atomic E-state index is 14.3. The van der Waals surface area contributed by atoms with Gasteiger partial charge in [-0.2, -0.15) is 9.90 Å². The molecule has 6 aliphatic rings. The highest BCUT2D eigenvalue weighted by Gasteiger charge is 2.62. The van der Waals surface area contributed by atoms with Crippen LogP contribution >= 0.6 is 9.90 Å². The summed E-state index contributed by atoms with van der Waals surface area (Å²) in [5.41, 5.74) is 5.58. The van der Waals surface area contributed by atoms with E-state index < -0.39 is 10.8 Å². The Bertz CT molecular complexity index is 2330. The first-order valence-corrected chi connectivity index (χ1v) is 30.1. The van der Waals surface area contributed by atoms with Crippen LogP contribution in [-0.4, -0.2) is 88.1 Å². The first-order chi connectivity index (χ1) is 36.1. The van der Waals surface area contributed by atoms with Crippen LogP contribution in [0.4, 0.5) is 0 Å². The highest BCUT2D eigenvalue weighted by atomic mass is 31.0. The molecule has 4 N–H and O–H groups in total. The van der Waals surface area contributed by atoms with Crippen molar-refractivity contribution in [2.75, 3.05) is 0 Å². The topological polar surface area (TPSA) is 159 Å². The zero-order chi connectivity index (χ0) is 57.4. The van der Waals surface area contributed by atoms with Gasteiger partial charge >= 0.3 is 14.2 Å². The number of carbonyl (C=O) groups excluding carboxylic acids is 4. The summed E-state index contributed by atoms with van der Waals surface area (Å²) in [6.45, 7) is 33.9. The Labute approximate surface area is 490 Å². The van der Waals surface area contributed by atoms with E-state index in [1.165, 1.54) is 11.1 Å². The van der Waals surface area contributed by atoms with Crippen LogP contribution in [0.3, 0.4) is 0 Å². The number of benzene rings is 2. The zero-order valence-electron chi connectivity index (χ0n) is 51.9. The van der Waals surface area contributed by atoms with Crippen LogP contribution in [0.2, 0.25) is 12.6 Å². The highest BCUT2D eigenvalue weighted by Crippen LogP contribution is 2.62. The van der Waals surface area contributed by atoms with Crippen molar-refractivity contribution < 1.29 is 39.2 Å². The van der Waals surface area contributed by atoms with Crippen LogP contribution in [0.25, 0.3) is 0 Å². The molecule has 7 unspecified atom stereocenters. The van der Waals surface area contributed by atoms with Crippen LogP contribution in [0.5, 0.6) is 0 Å². The fraction of sp³-hybridized carbons (Fsp3) is 0.754. The van der Waals surface area contributed by atoms with Gasteiger partial charge in [-0.15, -0.1) is 0 Å². The van der Waals surface area contributed by atoms with E-state index in [1.54, 1.807) is 13.8 Å². The molecule has 450 valence electrons. The maximum Gasteiger partial charge on any atom is 0.457 e. The second-order valence-corrected chi connectivity index (χ2v) is 29.4. The average Bonchev–Trinajstić information content (AvgIpc) is 4.10. The van der Waals surface area contributed by atoms with Crippen LogP contribution in [0, 0.1) is 46.3 Å². The van der Waals surface area contributed by atoms with Crippen molar-refractivity contribution in [2.24, 2.45) is 52.1 Å². The lowest BCUT2D eigenvalue weighted by Gasteiger charge is -2.39. The SMILES string of the molecule is C.CC(=O)CC1(C(=O)NC(C)(C)C)C[C@H]2CC(N(Cc3ccccc3)Cc3ccccc3)C[C@H]2C1CCCB1OC(C)(C)C(C)(C)O1.CC(=O)CC1(C(=O)NC(C)(C)C)C[C@H]2CC(N)C[C@H]2C1CCCB1OC(C)(C)C(C)(C)O1.P.[HH]. The van der Waals surface area contributed by atoms with Crippen molar-refractivity contribution in [3.63, 3.8) is 0 Å². The Balaban J connectivity index is 0.000000357. The summed E-state index contributed by atoms with van der Waals surface area (Å²) in [5.74, 6) is 2.23. The molecule has 0 spiro atoms. The van der Waals surface area contributed by atoms with Gasteiger partial charge in [-0.05, 0) is 221 Å². The van der Waals surface area contributed by atoms with Gasteiger partial charge < -0.3 is 35.0 Å². The summed E-state index contributed by atoms with van der Waals surface area (Å²) in [6, 6.07) is 22.2. The lowest BCUT2D eigenvalue weighted by molar-refractivity contribution is -0.140. The number of nitrogens with one attached hydrogen (secondary N) is 2. The molecule has 2 saturated heterocycles. The number of hydrogen-bond donors (Lipinski definition) is 3. The molecule has 0 bridgehead atoms. The van der Waals surface area contributed by atoms with Crippen molar-refractivity contribution in [1.82, 2.24) is 15.5 Å². The predicted octanol–water partition coefficient (Wildman–Crippen LogP) is 12.9. The van der Waals surface area contributed by atoms with Gasteiger partial charge in [0.15, 0.2) is 0 Å². The third-order valence-corrected chi connectivity index (χ3v) is 19.7. The Morgan fingerprint density at radius 1 is 0.588 bits per heavy atom. The van der Waals surface area contributed by atoms with E-state index in [4.69, 9.17) is 24.4 Å². The third kappa shape index (κ3) is 15.9. The highest BCUT2D eigenvalue weighted by molar-refractivity contribution is 6.92. The minimum absolute atomic E-state index is 0. The van der Waals surface area contributed by atoms with E-state index in [2.05, 4.69) is 132 Å². The van der Waals surface area contributed by atoms with Crippen LogP contribution in [0.15, 0.2) is 60.7 Å². The first kappa shape index (κ1) is 67.8. The van der Waals surface area contributed by atoms with Gasteiger partial charge in [0.2, 0.25) is 11.8 Å². The molecule has 15 heteroatoms. The number of carbonyl (C=O) groups is 4. The standard InChI is InChI=1S/C39H57BN2O4.C25H45BN2O4.CH4.H3P.H2/c1-28(43)24-39(35(44)41-36(2,3)4)25-31-22-32(42(26-29-16-11-9-12-17-29)27-30-18-13-10-14-19-30)23-33(31)34(39)20-15-21-40-45-37(5,6)38(7,8)46-40;1-16(29)14-25(21(30)28-22(2,3)4)15-17-12-18(27)13-19(17)20(25)10-9-11-26-31-23(5,6)24(7,8)32-26;;;/h9-14,16-19,31-34H,15,20-27H2,1-8H3,(H,41,44);17-20H,9-15,27H2,1-8H3,(H,28,30);1H4;1H3;1H/t31-,32?,33-,34?,39?;17-,18?,19-,20?,25?;;;/m11.../s1. The molecule has 12 nitrogen and oxygen atoms in total. The molecule has 6 fully saturated rings. The van der Waals surface area contributed by atoms with Crippen molar-refractivity contribution in [1.29, 1.82) is 0 Å². The lowest BCUT2D eigenvalue weighted by atomic mass is 9.67. The number of nitrogens with zero attached hydrogens (tertiary/aromatic N) is 1. The summed E-state index contributed by atoms with van der Waals surface area (Å²) < 4.78 is 25.1. The van der Waals surface area contributed by atoms with Crippen molar-refractivity contribution in [3.8, 4) is 0 Å². The summed E-state index contributed by atoms with van der Waals surface area (Å²) in [6.07, 6.45) is 11.4. The van der Waals surface area contributed by atoms with Gasteiger partial charge in [0.05, 0.1) is 33.2 Å². The fourth-order valence-electron chi connectivity index (χ4n) is 15.2. The number of amides is 2. The lowest BCUT2D eigenvalue weighted by Crippen LogP contribution is -2.52. The molecular formula is C65H111B2N4O8P. The quantitative estimate of drug-likeness (QED) is 0.0913. The summed E-state index contributed by atoms with van der Waals surface area (Å²) >= 11 is 0. The molecule has 80 heavy (non-hydrogen) atoms. The molecule has 2 aliphatic heterocycles. The number of rotatable bonds is 19.